The number of hydrogen-bond donors (Lipinski definition) is 0. The summed E-state index contributed by atoms with van der Waals surface area (Å²) < 4.78 is 5.82. The second kappa shape index (κ2) is 9.81. The average molecular weight is 475 g/mol. The quantitative estimate of drug-likeness (QED) is 0.232. The summed E-state index contributed by atoms with van der Waals surface area (Å²) in [4.78, 5) is 0. The van der Waals surface area contributed by atoms with E-state index < -0.39 is 0 Å². The van der Waals surface area contributed by atoms with Gasteiger partial charge in [0, 0.05) is 17.7 Å². The lowest BCUT2D eigenvalue weighted by Crippen LogP contribution is -2.30. The van der Waals surface area contributed by atoms with E-state index in [4.69, 9.17) is 0 Å². The Hall–Kier alpha value is -3.82. The highest BCUT2D eigenvalue weighted by atomic mass is 32.1. The van der Waals surface area contributed by atoms with E-state index in [-0.39, 0.29) is 0 Å². The van der Waals surface area contributed by atoms with Crippen LogP contribution in [0.15, 0.2) is 109 Å². The normalized spacial score (nSPS) is 10.9. The van der Waals surface area contributed by atoms with Gasteiger partial charge in [-0.05, 0) is 54.6 Å². The summed E-state index contributed by atoms with van der Waals surface area (Å²) in [7, 11) is 4.24. The number of para-hydroxylation sites is 1. The van der Waals surface area contributed by atoms with Gasteiger partial charge in [-0.1, -0.05) is 78.1 Å². The number of aromatic nitrogens is 2. The fourth-order valence-electron chi connectivity index (χ4n) is 4.64. The maximum Gasteiger partial charge on any atom is 0.270 e. The standard InChI is InChI=1S/C17H16N.C15H14NS/c1-13-7-3-5-9-15(13)17-16-10-6-4-8-14(16)11-12-18(17)2;1-11-7-3-4-8-12(11)15-16(2)13-9-5-6-10-14(13)17-15/h3-12H,1-2H3;3-10H,1-2H3/q2*+1. The predicted molar refractivity (Wildman–Crippen MR) is 148 cm³/mol. The number of pyridine rings is 1. The van der Waals surface area contributed by atoms with Crippen LogP contribution in [-0.4, -0.2) is 0 Å². The van der Waals surface area contributed by atoms with Gasteiger partial charge in [-0.2, -0.15) is 4.57 Å². The summed E-state index contributed by atoms with van der Waals surface area (Å²) in [5.41, 5.74) is 7.86. The van der Waals surface area contributed by atoms with Crippen LogP contribution in [0.1, 0.15) is 11.1 Å². The SMILES string of the molecule is Cc1ccccc1-c1c2ccccc2cc[n+]1C.Cc1ccccc1-c1sc2ccccc2[n+]1C. The topological polar surface area (TPSA) is 7.76 Å². The summed E-state index contributed by atoms with van der Waals surface area (Å²) in [6.45, 7) is 4.33. The minimum Gasteiger partial charge on any atom is -0.200 e. The molecule has 0 fully saturated rings. The Balaban J connectivity index is 0.000000145. The number of benzene rings is 4. The molecule has 2 heterocycles. The molecule has 4 aromatic carbocycles. The van der Waals surface area contributed by atoms with Crippen LogP contribution in [-0.2, 0) is 14.1 Å². The third kappa shape index (κ3) is 4.48. The second-order valence-corrected chi connectivity index (χ2v) is 9.96. The lowest BCUT2D eigenvalue weighted by atomic mass is 10.00. The molecular weight excluding hydrogens is 444 g/mol. The lowest BCUT2D eigenvalue weighted by molar-refractivity contribution is -0.659. The Labute approximate surface area is 211 Å². The van der Waals surface area contributed by atoms with Gasteiger partial charge in [-0.3, -0.25) is 0 Å². The first-order valence-corrected chi connectivity index (χ1v) is 12.7. The van der Waals surface area contributed by atoms with Crippen molar-refractivity contribution in [2.75, 3.05) is 0 Å². The van der Waals surface area contributed by atoms with Gasteiger partial charge < -0.3 is 0 Å². The molecule has 2 nitrogen and oxygen atoms in total. The number of nitrogens with zero attached hydrogens (tertiary/aromatic N) is 2. The Kier molecular flexibility index (Phi) is 6.43. The highest BCUT2D eigenvalue weighted by Crippen LogP contribution is 2.30. The fourth-order valence-corrected chi connectivity index (χ4v) is 5.88. The van der Waals surface area contributed by atoms with Crippen LogP contribution < -0.4 is 9.13 Å². The predicted octanol–water partition coefficient (Wildman–Crippen LogP) is 7.34. The zero-order chi connectivity index (χ0) is 24.4. The van der Waals surface area contributed by atoms with Gasteiger partial charge in [-0.25, -0.2) is 4.57 Å². The van der Waals surface area contributed by atoms with Crippen LogP contribution in [0.4, 0.5) is 0 Å². The van der Waals surface area contributed by atoms with E-state index in [1.807, 2.05) is 11.3 Å². The molecule has 0 saturated heterocycles. The van der Waals surface area contributed by atoms with Crippen LogP contribution in [0.3, 0.4) is 0 Å². The van der Waals surface area contributed by atoms with E-state index in [0.29, 0.717) is 0 Å². The molecule has 0 amide bonds. The van der Waals surface area contributed by atoms with E-state index in [2.05, 4.69) is 146 Å². The van der Waals surface area contributed by atoms with Crippen LogP contribution in [0.25, 0.3) is 42.8 Å². The van der Waals surface area contributed by atoms with Crippen LogP contribution in [0, 0.1) is 13.8 Å². The molecule has 0 saturated carbocycles. The third-order valence-electron chi connectivity index (χ3n) is 6.56. The smallest absolute Gasteiger partial charge is 0.200 e. The summed E-state index contributed by atoms with van der Waals surface area (Å²) in [6.07, 6.45) is 2.13. The second-order valence-electron chi connectivity index (χ2n) is 8.93. The largest absolute Gasteiger partial charge is 0.270 e. The lowest BCUT2D eigenvalue weighted by Gasteiger charge is -2.07. The zero-order valence-corrected chi connectivity index (χ0v) is 21.5. The highest BCUT2D eigenvalue weighted by Gasteiger charge is 2.19. The Morgan fingerprint density at radius 2 is 1.20 bits per heavy atom. The Morgan fingerprint density at radius 3 is 1.91 bits per heavy atom. The molecule has 0 aliphatic heterocycles. The van der Waals surface area contributed by atoms with E-state index in [9.17, 15) is 0 Å². The minimum atomic E-state index is 1.28. The first-order valence-electron chi connectivity index (χ1n) is 11.9. The van der Waals surface area contributed by atoms with Crippen LogP contribution in [0.5, 0.6) is 0 Å². The van der Waals surface area contributed by atoms with Crippen molar-refractivity contribution in [2.24, 2.45) is 14.1 Å². The van der Waals surface area contributed by atoms with Gasteiger partial charge in [-0.15, -0.1) is 0 Å². The minimum absolute atomic E-state index is 1.28. The van der Waals surface area contributed by atoms with Gasteiger partial charge >= 0.3 is 0 Å². The molecule has 0 N–H and O–H groups in total. The molecule has 35 heavy (non-hydrogen) atoms. The van der Waals surface area contributed by atoms with Crippen molar-refractivity contribution in [3.05, 3.63) is 120 Å². The molecule has 0 spiro atoms. The zero-order valence-electron chi connectivity index (χ0n) is 20.7. The van der Waals surface area contributed by atoms with Crippen molar-refractivity contribution in [1.29, 1.82) is 0 Å². The van der Waals surface area contributed by atoms with Crippen molar-refractivity contribution in [3.63, 3.8) is 0 Å². The van der Waals surface area contributed by atoms with E-state index in [0.717, 1.165) is 0 Å². The molecule has 0 aliphatic rings. The maximum atomic E-state index is 2.28. The summed E-state index contributed by atoms with van der Waals surface area (Å²) >= 11 is 1.85. The Bertz CT molecular complexity index is 1650. The van der Waals surface area contributed by atoms with Gasteiger partial charge in [0.25, 0.3) is 5.01 Å². The number of aryl methyl sites for hydroxylation is 4. The van der Waals surface area contributed by atoms with Crippen molar-refractivity contribution < 1.29 is 9.13 Å². The summed E-state index contributed by atoms with van der Waals surface area (Å²) in [6, 6.07) is 36.4. The molecule has 172 valence electrons. The van der Waals surface area contributed by atoms with E-state index in [1.54, 1.807) is 0 Å². The average Bonchev–Trinajstić information content (AvgIpc) is 3.22. The van der Waals surface area contributed by atoms with Gasteiger partial charge in [0.2, 0.25) is 11.2 Å². The van der Waals surface area contributed by atoms with Crippen molar-refractivity contribution in [1.82, 2.24) is 0 Å². The summed E-state index contributed by atoms with van der Waals surface area (Å²) in [5, 5.41) is 3.91. The molecule has 0 unspecified atom stereocenters. The molecule has 6 rings (SSSR count). The molecule has 0 aliphatic carbocycles. The first-order chi connectivity index (χ1) is 17.0. The first kappa shape index (κ1) is 22.9. The molecular formula is C32H30N2S+2. The monoisotopic (exact) mass is 474 g/mol. The number of hydrogen-bond acceptors (Lipinski definition) is 1. The van der Waals surface area contributed by atoms with Crippen LogP contribution in [0.2, 0.25) is 0 Å². The molecule has 3 heteroatoms. The van der Waals surface area contributed by atoms with Crippen molar-refractivity contribution >= 4 is 32.3 Å². The van der Waals surface area contributed by atoms with Crippen molar-refractivity contribution in [2.45, 2.75) is 13.8 Å². The molecule has 6 aromatic rings. The van der Waals surface area contributed by atoms with E-state index >= 15 is 0 Å². The van der Waals surface area contributed by atoms with Gasteiger partial charge in [0.05, 0.1) is 10.9 Å². The molecule has 0 radical (unpaired) electrons. The third-order valence-corrected chi connectivity index (χ3v) is 7.81. The molecule has 0 atom stereocenters. The number of thiazole rings is 1. The van der Waals surface area contributed by atoms with Crippen LogP contribution >= 0.6 is 11.3 Å². The summed E-state index contributed by atoms with van der Waals surface area (Å²) in [5.74, 6) is 0. The Morgan fingerprint density at radius 1 is 0.600 bits per heavy atom. The van der Waals surface area contributed by atoms with Crippen molar-refractivity contribution in [3.8, 4) is 21.8 Å². The van der Waals surface area contributed by atoms with Gasteiger partial charge in [0.15, 0.2) is 6.20 Å². The molecule has 2 aromatic heterocycles. The highest BCUT2D eigenvalue weighted by molar-refractivity contribution is 7.21. The van der Waals surface area contributed by atoms with Gasteiger partial charge in [0.1, 0.15) is 18.8 Å². The number of rotatable bonds is 2. The molecule has 0 bridgehead atoms. The fraction of sp³-hybridized carbons (Fsp3) is 0.125. The maximum absolute atomic E-state index is 2.28. The van der Waals surface area contributed by atoms with E-state index in [1.165, 1.54) is 53.9 Å². The number of fused-ring (bicyclic) bond motifs is 2.